The zero-order valence-corrected chi connectivity index (χ0v) is 21.7. The highest BCUT2D eigenvalue weighted by atomic mass is 127. The van der Waals surface area contributed by atoms with Crippen LogP contribution in [-0.4, -0.2) is 69.6 Å². The number of aliphatic imine (C=N–C) groups is 1. The van der Waals surface area contributed by atoms with Crippen molar-refractivity contribution in [2.24, 2.45) is 10.9 Å². The van der Waals surface area contributed by atoms with Crippen molar-refractivity contribution in [1.82, 2.24) is 10.2 Å². The van der Waals surface area contributed by atoms with Gasteiger partial charge in [0, 0.05) is 33.3 Å². The molecule has 1 aromatic rings. The van der Waals surface area contributed by atoms with E-state index in [0.717, 1.165) is 76.8 Å². The van der Waals surface area contributed by atoms with E-state index >= 15 is 0 Å². The molecule has 176 valence electrons. The number of likely N-dealkylation sites (tertiary alicyclic amines) is 1. The van der Waals surface area contributed by atoms with Gasteiger partial charge in [-0.2, -0.15) is 0 Å². The molecule has 2 aliphatic heterocycles. The lowest BCUT2D eigenvalue weighted by Gasteiger charge is -2.34. The summed E-state index contributed by atoms with van der Waals surface area (Å²) in [6.07, 6.45) is 6.03. The van der Waals surface area contributed by atoms with E-state index in [4.69, 9.17) is 14.2 Å². The fourth-order valence-corrected chi connectivity index (χ4v) is 3.92. The minimum atomic E-state index is 0. The number of hydrogen-bond donors (Lipinski definition) is 1. The number of halogens is 1. The molecule has 0 radical (unpaired) electrons. The van der Waals surface area contributed by atoms with Gasteiger partial charge in [-0.05, 0) is 55.7 Å². The van der Waals surface area contributed by atoms with E-state index in [1.165, 1.54) is 12.0 Å². The molecular formula is C24H40IN3O3. The third-order valence-corrected chi connectivity index (χ3v) is 5.70. The van der Waals surface area contributed by atoms with Crippen LogP contribution >= 0.6 is 24.0 Å². The molecule has 2 heterocycles. The molecule has 0 saturated carbocycles. The molecule has 0 amide bonds. The number of nitrogens with zero attached hydrogens (tertiary/aromatic N) is 2. The molecule has 1 N–H and O–H groups in total. The highest BCUT2D eigenvalue weighted by Gasteiger charge is 2.24. The maximum absolute atomic E-state index is 6.09. The van der Waals surface area contributed by atoms with Crippen molar-refractivity contribution in [3.05, 3.63) is 29.8 Å². The van der Waals surface area contributed by atoms with Gasteiger partial charge in [0.2, 0.25) is 0 Å². The van der Waals surface area contributed by atoms with Crippen LogP contribution in [0.3, 0.4) is 0 Å². The standard InChI is InChI=1S/C24H39N3O3.HI/c1-19(2)17-29-21-8-6-20(7-9-21)10-13-26-24(25-3)27-14-11-22(12-15-27)30-18-23-5-4-16-28-23;/h6-9,19,22-23H,4-5,10-18H2,1-3H3,(H,25,26);1H. The van der Waals surface area contributed by atoms with Crippen LogP contribution in [0.1, 0.15) is 45.1 Å². The summed E-state index contributed by atoms with van der Waals surface area (Å²) in [5.74, 6) is 2.48. The quantitative estimate of drug-likeness (QED) is 0.288. The number of rotatable bonds is 9. The minimum Gasteiger partial charge on any atom is -0.493 e. The van der Waals surface area contributed by atoms with E-state index in [2.05, 4.69) is 53.3 Å². The summed E-state index contributed by atoms with van der Waals surface area (Å²) in [7, 11) is 1.86. The molecule has 7 heteroatoms. The van der Waals surface area contributed by atoms with Gasteiger partial charge in [-0.3, -0.25) is 4.99 Å². The molecule has 31 heavy (non-hydrogen) atoms. The summed E-state index contributed by atoms with van der Waals surface area (Å²) < 4.78 is 17.5. The first-order chi connectivity index (χ1) is 14.6. The molecule has 2 fully saturated rings. The van der Waals surface area contributed by atoms with Crippen LogP contribution in [0.4, 0.5) is 0 Å². The first-order valence-electron chi connectivity index (χ1n) is 11.5. The summed E-state index contributed by atoms with van der Waals surface area (Å²) in [5, 5.41) is 3.52. The molecule has 2 saturated heterocycles. The van der Waals surface area contributed by atoms with Crippen molar-refractivity contribution in [2.45, 2.75) is 58.2 Å². The average Bonchev–Trinajstić information content (AvgIpc) is 3.29. The molecule has 0 spiro atoms. The van der Waals surface area contributed by atoms with E-state index < -0.39 is 0 Å². The fraction of sp³-hybridized carbons (Fsp3) is 0.708. The topological polar surface area (TPSA) is 55.3 Å². The second-order valence-electron chi connectivity index (χ2n) is 8.73. The Morgan fingerprint density at radius 3 is 2.55 bits per heavy atom. The number of piperidine rings is 1. The maximum Gasteiger partial charge on any atom is 0.193 e. The SMILES string of the molecule is CN=C(NCCc1ccc(OCC(C)C)cc1)N1CCC(OCC2CCCO2)CC1.I. The number of guanidine groups is 1. The van der Waals surface area contributed by atoms with Gasteiger partial charge in [0.05, 0.1) is 25.4 Å². The molecule has 0 aromatic heterocycles. The molecule has 0 aliphatic carbocycles. The Hall–Kier alpha value is -1.06. The van der Waals surface area contributed by atoms with Crippen LogP contribution in [0.2, 0.25) is 0 Å². The predicted octanol–water partition coefficient (Wildman–Crippen LogP) is 4.12. The van der Waals surface area contributed by atoms with Gasteiger partial charge in [-0.1, -0.05) is 26.0 Å². The first kappa shape index (κ1) is 26.2. The second-order valence-corrected chi connectivity index (χ2v) is 8.73. The Morgan fingerprint density at radius 1 is 1.19 bits per heavy atom. The summed E-state index contributed by atoms with van der Waals surface area (Å²) in [6.45, 7) is 9.56. The fourth-order valence-electron chi connectivity index (χ4n) is 3.92. The highest BCUT2D eigenvalue weighted by molar-refractivity contribution is 14.0. The van der Waals surface area contributed by atoms with E-state index in [9.17, 15) is 0 Å². The van der Waals surface area contributed by atoms with Crippen molar-refractivity contribution in [2.75, 3.05) is 46.5 Å². The number of benzene rings is 1. The zero-order chi connectivity index (χ0) is 21.2. The van der Waals surface area contributed by atoms with Gasteiger partial charge in [-0.25, -0.2) is 0 Å². The van der Waals surface area contributed by atoms with Crippen LogP contribution in [-0.2, 0) is 15.9 Å². The molecule has 1 aromatic carbocycles. The van der Waals surface area contributed by atoms with Crippen LogP contribution < -0.4 is 10.1 Å². The average molecular weight is 546 g/mol. The first-order valence-corrected chi connectivity index (χ1v) is 11.5. The van der Waals surface area contributed by atoms with Crippen LogP contribution in [0.15, 0.2) is 29.3 Å². The Balaban J connectivity index is 0.00000341. The van der Waals surface area contributed by atoms with Crippen molar-refractivity contribution in [1.29, 1.82) is 0 Å². The zero-order valence-electron chi connectivity index (χ0n) is 19.3. The molecule has 3 rings (SSSR count). The smallest absolute Gasteiger partial charge is 0.193 e. The van der Waals surface area contributed by atoms with Gasteiger partial charge in [0.1, 0.15) is 5.75 Å². The number of hydrogen-bond acceptors (Lipinski definition) is 4. The lowest BCUT2D eigenvalue weighted by molar-refractivity contribution is -0.0367. The Bertz CT molecular complexity index is 640. The highest BCUT2D eigenvalue weighted by Crippen LogP contribution is 2.18. The largest absolute Gasteiger partial charge is 0.493 e. The van der Waals surface area contributed by atoms with E-state index in [-0.39, 0.29) is 24.0 Å². The van der Waals surface area contributed by atoms with E-state index in [0.29, 0.717) is 18.1 Å². The summed E-state index contributed by atoms with van der Waals surface area (Å²) >= 11 is 0. The molecule has 2 aliphatic rings. The van der Waals surface area contributed by atoms with Crippen molar-refractivity contribution in [3.63, 3.8) is 0 Å². The maximum atomic E-state index is 6.09. The van der Waals surface area contributed by atoms with Gasteiger partial charge in [0.15, 0.2) is 5.96 Å². The minimum absolute atomic E-state index is 0. The third-order valence-electron chi connectivity index (χ3n) is 5.70. The molecule has 6 nitrogen and oxygen atoms in total. The van der Waals surface area contributed by atoms with Crippen molar-refractivity contribution < 1.29 is 14.2 Å². The summed E-state index contributed by atoms with van der Waals surface area (Å²) in [4.78, 5) is 6.82. The molecule has 0 bridgehead atoms. The van der Waals surface area contributed by atoms with Crippen molar-refractivity contribution in [3.8, 4) is 5.75 Å². The monoisotopic (exact) mass is 545 g/mol. The van der Waals surface area contributed by atoms with Crippen molar-refractivity contribution >= 4 is 29.9 Å². The van der Waals surface area contributed by atoms with Gasteiger partial charge in [-0.15, -0.1) is 24.0 Å². The number of ether oxygens (including phenoxy) is 3. The Kier molecular flexibility index (Phi) is 12.0. The summed E-state index contributed by atoms with van der Waals surface area (Å²) in [6, 6.07) is 8.43. The molecule has 1 unspecified atom stereocenters. The van der Waals surface area contributed by atoms with Crippen LogP contribution in [0, 0.1) is 5.92 Å². The summed E-state index contributed by atoms with van der Waals surface area (Å²) in [5.41, 5.74) is 1.30. The Labute approximate surface area is 205 Å². The third kappa shape index (κ3) is 9.14. The Morgan fingerprint density at radius 2 is 1.94 bits per heavy atom. The van der Waals surface area contributed by atoms with Crippen LogP contribution in [0.25, 0.3) is 0 Å². The normalized spacial score (nSPS) is 20.1. The van der Waals surface area contributed by atoms with E-state index in [1.807, 2.05) is 7.05 Å². The lowest BCUT2D eigenvalue weighted by atomic mass is 10.1. The van der Waals surface area contributed by atoms with Gasteiger partial charge in [0.25, 0.3) is 0 Å². The van der Waals surface area contributed by atoms with Gasteiger partial charge < -0.3 is 24.4 Å². The van der Waals surface area contributed by atoms with Crippen LogP contribution in [0.5, 0.6) is 5.75 Å². The second kappa shape index (κ2) is 14.2. The van der Waals surface area contributed by atoms with Gasteiger partial charge >= 0.3 is 0 Å². The molecule has 1 atom stereocenters. The lowest BCUT2D eigenvalue weighted by Crippen LogP contribution is -2.47. The van der Waals surface area contributed by atoms with E-state index in [1.54, 1.807) is 0 Å². The predicted molar refractivity (Wildman–Crippen MR) is 137 cm³/mol. The number of nitrogens with one attached hydrogen (secondary N) is 1. The molecular weight excluding hydrogens is 505 g/mol.